The van der Waals surface area contributed by atoms with Gasteiger partial charge in [-0.2, -0.15) is 0 Å². The lowest BCUT2D eigenvalue weighted by molar-refractivity contribution is -0.132. The second-order valence-electron chi connectivity index (χ2n) is 6.74. The van der Waals surface area contributed by atoms with Crippen LogP contribution < -0.4 is 4.90 Å². The second kappa shape index (κ2) is 8.08. The van der Waals surface area contributed by atoms with Gasteiger partial charge >= 0.3 is 0 Å². The van der Waals surface area contributed by atoms with Crippen LogP contribution in [0, 0.1) is 6.92 Å². The molecule has 0 aliphatic carbocycles. The maximum Gasteiger partial charge on any atom is 0.300 e. The van der Waals surface area contributed by atoms with Crippen molar-refractivity contribution in [3.63, 3.8) is 0 Å². The van der Waals surface area contributed by atoms with E-state index in [9.17, 15) is 14.7 Å². The number of ketones is 1. The van der Waals surface area contributed by atoms with Crippen molar-refractivity contribution in [2.75, 3.05) is 4.90 Å². The Kier molecular flexibility index (Phi) is 5.64. The van der Waals surface area contributed by atoms with E-state index in [1.54, 1.807) is 24.3 Å². The lowest BCUT2D eigenvalue weighted by Crippen LogP contribution is -2.29. The highest BCUT2D eigenvalue weighted by Gasteiger charge is 2.47. The molecule has 1 fully saturated rings. The number of hydrogen-bond donors (Lipinski definition) is 1. The first-order chi connectivity index (χ1) is 14.3. The number of Topliss-reactive ketones (excluding diaryl/α,β-unsaturated/α-hetero) is 1. The second-order valence-corrected chi connectivity index (χ2v) is 8.97. The molecule has 0 bridgehead atoms. The molecule has 2 aromatic carbocycles. The van der Waals surface area contributed by atoms with E-state index in [1.165, 1.54) is 28.4 Å². The molecule has 1 saturated heterocycles. The average Bonchev–Trinajstić information content (AvgIpc) is 3.31. The number of amides is 1. The summed E-state index contributed by atoms with van der Waals surface area (Å²) in [6.07, 6.45) is 0. The summed E-state index contributed by atoms with van der Waals surface area (Å²) in [5.74, 6) is -1.80. The highest BCUT2D eigenvalue weighted by Crippen LogP contribution is 2.45. The van der Waals surface area contributed by atoms with Crippen LogP contribution in [0.3, 0.4) is 0 Å². The summed E-state index contributed by atoms with van der Waals surface area (Å²) in [5.41, 5.74) is 1.58. The minimum Gasteiger partial charge on any atom is -0.507 e. The van der Waals surface area contributed by atoms with E-state index in [0.29, 0.717) is 21.3 Å². The minimum absolute atomic E-state index is 0.00445. The molecule has 0 saturated carbocycles. The molecule has 1 atom stereocenters. The van der Waals surface area contributed by atoms with Crippen molar-refractivity contribution in [3.05, 3.63) is 90.6 Å². The van der Waals surface area contributed by atoms with Crippen molar-refractivity contribution in [3.8, 4) is 0 Å². The van der Waals surface area contributed by atoms with Gasteiger partial charge in [-0.05, 0) is 60.3 Å². The Bertz CT molecular complexity index is 1200. The van der Waals surface area contributed by atoms with Gasteiger partial charge in [-0.3, -0.25) is 14.5 Å². The lowest BCUT2D eigenvalue weighted by Gasteiger charge is -2.25. The van der Waals surface area contributed by atoms with Crippen LogP contribution in [0.5, 0.6) is 0 Å². The zero-order chi connectivity index (χ0) is 21.6. The SMILES string of the molecule is Cc1cc(Cl)ccc1N1C(=O)C(=O)/C(=C(\O)c2ccc(Cl)c(Cl)c2)C1c1cccs1. The number of aliphatic hydroxyl groups excluding tert-OH is 1. The Morgan fingerprint density at radius 1 is 1.03 bits per heavy atom. The van der Waals surface area contributed by atoms with Gasteiger partial charge in [0.1, 0.15) is 11.8 Å². The van der Waals surface area contributed by atoms with E-state index in [0.717, 1.165) is 10.4 Å². The summed E-state index contributed by atoms with van der Waals surface area (Å²) in [6.45, 7) is 1.81. The van der Waals surface area contributed by atoms with Crippen molar-refractivity contribution >= 4 is 69.3 Å². The number of halogens is 3. The summed E-state index contributed by atoms with van der Waals surface area (Å²) in [7, 11) is 0. The monoisotopic (exact) mass is 477 g/mol. The van der Waals surface area contributed by atoms with Crippen LogP contribution in [0.1, 0.15) is 22.0 Å². The Hall–Kier alpha value is -2.31. The molecule has 1 aromatic heterocycles. The van der Waals surface area contributed by atoms with Crippen LogP contribution in [0.4, 0.5) is 5.69 Å². The van der Waals surface area contributed by atoms with Crippen molar-refractivity contribution in [1.82, 2.24) is 0 Å². The normalized spacial score (nSPS) is 18.3. The first kappa shape index (κ1) is 20.9. The number of aliphatic hydroxyl groups is 1. The maximum atomic E-state index is 13.1. The van der Waals surface area contributed by atoms with Crippen LogP contribution in [0.25, 0.3) is 5.76 Å². The summed E-state index contributed by atoms with van der Waals surface area (Å²) >= 11 is 19.5. The number of hydrogen-bond acceptors (Lipinski definition) is 4. The number of anilines is 1. The average molecular weight is 479 g/mol. The third-order valence-electron chi connectivity index (χ3n) is 4.87. The highest BCUT2D eigenvalue weighted by atomic mass is 35.5. The number of thiophene rings is 1. The van der Waals surface area contributed by atoms with Crippen molar-refractivity contribution < 1.29 is 14.7 Å². The highest BCUT2D eigenvalue weighted by molar-refractivity contribution is 7.10. The van der Waals surface area contributed by atoms with E-state index in [-0.39, 0.29) is 16.4 Å². The predicted octanol–water partition coefficient (Wildman–Crippen LogP) is 6.64. The number of carbonyl (C=O) groups excluding carboxylic acids is 2. The van der Waals surface area contributed by atoms with Crippen LogP contribution in [-0.4, -0.2) is 16.8 Å². The Morgan fingerprint density at radius 2 is 1.80 bits per heavy atom. The van der Waals surface area contributed by atoms with Gasteiger partial charge in [0, 0.05) is 21.2 Å². The van der Waals surface area contributed by atoms with Crippen LogP contribution in [-0.2, 0) is 9.59 Å². The van der Waals surface area contributed by atoms with Crippen molar-refractivity contribution in [1.29, 1.82) is 0 Å². The fourth-order valence-corrected chi connectivity index (χ4v) is 4.83. The van der Waals surface area contributed by atoms with Gasteiger partial charge in [-0.25, -0.2) is 0 Å². The molecular formula is C22H14Cl3NO3S. The van der Waals surface area contributed by atoms with Crippen LogP contribution in [0.15, 0.2) is 59.5 Å². The van der Waals surface area contributed by atoms with Gasteiger partial charge in [0.05, 0.1) is 15.6 Å². The number of carbonyl (C=O) groups is 2. The quantitative estimate of drug-likeness (QED) is 0.261. The Morgan fingerprint density at radius 3 is 2.43 bits per heavy atom. The van der Waals surface area contributed by atoms with Gasteiger partial charge in [-0.1, -0.05) is 40.9 Å². The molecule has 30 heavy (non-hydrogen) atoms. The van der Waals surface area contributed by atoms with Crippen LogP contribution in [0.2, 0.25) is 15.1 Å². The smallest absolute Gasteiger partial charge is 0.300 e. The standard InChI is InChI=1S/C22H14Cl3NO3S/c1-11-9-13(23)5-7-16(11)26-19(17-3-2-8-30-17)18(21(28)22(26)29)20(27)12-4-6-14(24)15(25)10-12/h2-10,19,27H,1H3/b20-18-. The Labute approximate surface area is 191 Å². The zero-order valence-corrected chi connectivity index (χ0v) is 18.6. The van der Waals surface area contributed by atoms with E-state index in [2.05, 4.69) is 0 Å². The molecule has 0 spiro atoms. The van der Waals surface area contributed by atoms with Gasteiger partial charge in [0.2, 0.25) is 0 Å². The molecular weight excluding hydrogens is 465 g/mol. The molecule has 152 valence electrons. The van der Waals surface area contributed by atoms with E-state index in [1.807, 2.05) is 24.4 Å². The predicted molar refractivity (Wildman–Crippen MR) is 122 cm³/mol. The minimum atomic E-state index is -0.778. The van der Waals surface area contributed by atoms with Crippen molar-refractivity contribution in [2.45, 2.75) is 13.0 Å². The molecule has 4 rings (SSSR count). The first-order valence-corrected chi connectivity index (χ1v) is 10.9. The summed E-state index contributed by atoms with van der Waals surface area (Å²) in [4.78, 5) is 28.3. The van der Waals surface area contributed by atoms with Gasteiger partial charge in [-0.15, -0.1) is 11.3 Å². The maximum absolute atomic E-state index is 13.1. The van der Waals surface area contributed by atoms with Crippen LogP contribution >= 0.6 is 46.1 Å². The fourth-order valence-electron chi connectivity index (χ4n) is 3.49. The van der Waals surface area contributed by atoms with E-state index < -0.39 is 17.7 Å². The van der Waals surface area contributed by atoms with Gasteiger partial charge in [0.15, 0.2) is 0 Å². The molecule has 1 aliphatic rings. The molecule has 4 nitrogen and oxygen atoms in total. The molecule has 1 unspecified atom stereocenters. The zero-order valence-electron chi connectivity index (χ0n) is 15.5. The molecule has 8 heteroatoms. The number of rotatable bonds is 3. The fraction of sp³-hybridized carbons (Fsp3) is 0.0909. The summed E-state index contributed by atoms with van der Waals surface area (Å²) in [6, 6.07) is 12.5. The summed E-state index contributed by atoms with van der Waals surface area (Å²) in [5, 5.41) is 14.0. The van der Waals surface area contributed by atoms with Crippen molar-refractivity contribution in [2.24, 2.45) is 0 Å². The number of benzene rings is 2. The molecule has 0 radical (unpaired) electrons. The molecule has 2 heterocycles. The molecule has 1 N–H and O–H groups in total. The molecule has 1 amide bonds. The van der Waals surface area contributed by atoms with E-state index in [4.69, 9.17) is 34.8 Å². The largest absolute Gasteiger partial charge is 0.507 e. The first-order valence-electron chi connectivity index (χ1n) is 8.85. The summed E-state index contributed by atoms with van der Waals surface area (Å²) < 4.78 is 0. The molecule has 3 aromatic rings. The number of aryl methyl sites for hydroxylation is 1. The number of nitrogens with zero attached hydrogens (tertiary/aromatic N) is 1. The Balaban J connectivity index is 1.95. The third-order valence-corrected chi connectivity index (χ3v) is 6.77. The van der Waals surface area contributed by atoms with E-state index >= 15 is 0 Å². The van der Waals surface area contributed by atoms with Gasteiger partial charge < -0.3 is 5.11 Å². The lowest BCUT2D eigenvalue weighted by atomic mass is 9.99. The third kappa shape index (κ3) is 3.52. The van der Waals surface area contributed by atoms with Gasteiger partial charge in [0.25, 0.3) is 11.7 Å². The topological polar surface area (TPSA) is 57.6 Å². The molecule has 1 aliphatic heterocycles.